The molecule has 0 bridgehead atoms. The Kier molecular flexibility index (Phi) is 6.59. The van der Waals surface area contributed by atoms with Crippen LogP contribution in [-0.2, 0) is 6.42 Å². The van der Waals surface area contributed by atoms with Gasteiger partial charge in [0, 0.05) is 17.2 Å². The second-order valence-corrected chi connectivity index (χ2v) is 9.51. The van der Waals surface area contributed by atoms with Crippen molar-refractivity contribution in [3.63, 3.8) is 0 Å². The maximum absolute atomic E-state index is 10.0. The van der Waals surface area contributed by atoms with E-state index < -0.39 is 0 Å². The van der Waals surface area contributed by atoms with Crippen LogP contribution in [0.1, 0.15) is 61.0 Å². The van der Waals surface area contributed by atoms with E-state index in [0.717, 1.165) is 34.3 Å². The molecular formula is C30H33NO3. The first kappa shape index (κ1) is 22.5. The lowest BCUT2D eigenvalue weighted by Crippen LogP contribution is -2.30. The standard InChI is InChI=1S/C30H33NO3/c1-21-27-16-15-26(33)20-28(27)34-30(29(21)23-11-13-25(32)14-12-23)24-9-7-22(8-10-24)6-5-19-31-17-3-2-4-18-31/h7-16,20,30,32-33H,2-6,17-19H2,1H3/t30-/m0/s1. The van der Waals surface area contributed by atoms with E-state index in [2.05, 4.69) is 36.1 Å². The third-order valence-electron chi connectivity index (χ3n) is 7.13. The summed E-state index contributed by atoms with van der Waals surface area (Å²) in [6.07, 6.45) is 6.04. The minimum absolute atomic E-state index is 0.197. The molecule has 0 aliphatic carbocycles. The molecule has 0 unspecified atom stereocenters. The zero-order valence-corrected chi connectivity index (χ0v) is 19.8. The van der Waals surface area contributed by atoms with Crippen LogP contribution >= 0.6 is 0 Å². The first-order chi connectivity index (χ1) is 16.6. The van der Waals surface area contributed by atoms with Gasteiger partial charge in [0.05, 0.1) is 0 Å². The molecule has 3 aromatic rings. The van der Waals surface area contributed by atoms with Crippen LogP contribution in [0, 0.1) is 0 Å². The van der Waals surface area contributed by atoms with Crippen LogP contribution in [0.4, 0.5) is 0 Å². The molecule has 4 heteroatoms. The minimum atomic E-state index is -0.291. The lowest BCUT2D eigenvalue weighted by Gasteiger charge is -2.31. The van der Waals surface area contributed by atoms with Crippen LogP contribution in [-0.4, -0.2) is 34.7 Å². The van der Waals surface area contributed by atoms with E-state index in [1.165, 1.54) is 50.9 Å². The number of fused-ring (bicyclic) bond motifs is 1. The number of aromatic hydroxyl groups is 2. The molecule has 2 aliphatic rings. The minimum Gasteiger partial charge on any atom is -0.508 e. The number of rotatable bonds is 6. The fourth-order valence-electron chi connectivity index (χ4n) is 5.24. The molecule has 1 saturated heterocycles. The average molecular weight is 456 g/mol. The highest BCUT2D eigenvalue weighted by Gasteiger charge is 2.29. The molecular weight excluding hydrogens is 422 g/mol. The van der Waals surface area contributed by atoms with Gasteiger partial charge in [0.25, 0.3) is 0 Å². The molecule has 2 heterocycles. The Hall–Kier alpha value is -3.24. The highest BCUT2D eigenvalue weighted by molar-refractivity contribution is 5.95. The highest BCUT2D eigenvalue weighted by Crippen LogP contribution is 2.47. The molecule has 0 spiro atoms. The fraction of sp³-hybridized carbons (Fsp3) is 0.333. The van der Waals surface area contributed by atoms with E-state index in [1.807, 2.05) is 18.2 Å². The topological polar surface area (TPSA) is 52.9 Å². The molecule has 0 amide bonds. The van der Waals surface area contributed by atoms with Gasteiger partial charge in [-0.05, 0) is 98.8 Å². The van der Waals surface area contributed by atoms with Crippen molar-refractivity contribution in [3.8, 4) is 17.2 Å². The van der Waals surface area contributed by atoms with Gasteiger partial charge < -0.3 is 19.8 Å². The van der Waals surface area contributed by atoms with Crippen LogP contribution in [0.25, 0.3) is 11.1 Å². The SMILES string of the molecule is CC1=C(c2ccc(O)cc2)[C@H](c2ccc(CCCN3CCCCC3)cc2)Oc2cc(O)ccc21. The van der Waals surface area contributed by atoms with Gasteiger partial charge in [-0.25, -0.2) is 0 Å². The summed E-state index contributed by atoms with van der Waals surface area (Å²) in [5.41, 5.74) is 6.62. The summed E-state index contributed by atoms with van der Waals surface area (Å²) in [4.78, 5) is 2.60. The Bertz CT molecular complexity index is 1160. The summed E-state index contributed by atoms with van der Waals surface area (Å²) in [5, 5.41) is 19.8. The number of ether oxygens (including phenoxy) is 1. The Balaban J connectivity index is 1.39. The molecule has 4 nitrogen and oxygen atoms in total. The molecule has 34 heavy (non-hydrogen) atoms. The van der Waals surface area contributed by atoms with Crippen molar-refractivity contribution in [1.82, 2.24) is 4.90 Å². The van der Waals surface area contributed by atoms with Gasteiger partial charge in [-0.3, -0.25) is 0 Å². The largest absolute Gasteiger partial charge is 0.508 e. The second-order valence-electron chi connectivity index (χ2n) is 9.51. The van der Waals surface area contributed by atoms with Crippen LogP contribution in [0.3, 0.4) is 0 Å². The van der Waals surface area contributed by atoms with Crippen molar-refractivity contribution in [2.24, 2.45) is 0 Å². The summed E-state index contributed by atoms with van der Waals surface area (Å²) in [7, 11) is 0. The predicted octanol–water partition coefficient (Wildman–Crippen LogP) is 6.58. The second kappa shape index (κ2) is 9.94. The van der Waals surface area contributed by atoms with Crippen LogP contribution in [0.2, 0.25) is 0 Å². The number of allylic oxidation sites excluding steroid dienone is 1. The van der Waals surface area contributed by atoms with E-state index in [1.54, 1.807) is 24.3 Å². The molecule has 0 aromatic heterocycles. The van der Waals surface area contributed by atoms with Crippen molar-refractivity contribution in [1.29, 1.82) is 0 Å². The lowest BCUT2D eigenvalue weighted by molar-refractivity contribution is 0.226. The van der Waals surface area contributed by atoms with Gasteiger partial charge in [-0.2, -0.15) is 0 Å². The number of piperidine rings is 1. The van der Waals surface area contributed by atoms with E-state index >= 15 is 0 Å². The predicted molar refractivity (Wildman–Crippen MR) is 137 cm³/mol. The maximum atomic E-state index is 10.0. The van der Waals surface area contributed by atoms with Gasteiger partial charge in [0.15, 0.2) is 0 Å². The maximum Gasteiger partial charge on any atom is 0.150 e. The quantitative estimate of drug-likeness (QED) is 0.441. The monoisotopic (exact) mass is 455 g/mol. The van der Waals surface area contributed by atoms with Crippen LogP contribution < -0.4 is 4.74 Å². The molecule has 1 fully saturated rings. The Labute approximate surface area is 202 Å². The molecule has 0 saturated carbocycles. The molecule has 0 radical (unpaired) electrons. The van der Waals surface area contributed by atoms with Gasteiger partial charge in [-0.1, -0.05) is 42.8 Å². The third-order valence-corrected chi connectivity index (χ3v) is 7.13. The number of benzene rings is 3. The lowest BCUT2D eigenvalue weighted by atomic mass is 9.86. The Morgan fingerprint density at radius 2 is 1.56 bits per heavy atom. The first-order valence-corrected chi connectivity index (χ1v) is 12.4. The summed E-state index contributed by atoms with van der Waals surface area (Å²) in [6.45, 7) is 5.78. The number of phenols is 2. The highest BCUT2D eigenvalue weighted by atomic mass is 16.5. The zero-order chi connectivity index (χ0) is 23.5. The summed E-state index contributed by atoms with van der Waals surface area (Å²) < 4.78 is 6.48. The van der Waals surface area contributed by atoms with E-state index in [9.17, 15) is 10.2 Å². The zero-order valence-electron chi connectivity index (χ0n) is 19.8. The normalized spacial score (nSPS) is 18.4. The number of hydrogen-bond acceptors (Lipinski definition) is 4. The van der Waals surface area contributed by atoms with E-state index in [0.29, 0.717) is 5.75 Å². The van der Waals surface area contributed by atoms with Crippen molar-refractivity contribution in [2.45, 2.75) is 45.1 Å². The van der Waals surface area contributed by atoms with Crippen LogP contribution in [0.15, 0.2) is 66.7 Å². The Morgan fingerprint density at radius 3 is 2.29 bits per heavy atom. The van der Waals surface area contributed by atoms with Gasteiger partial charge in [0.1, 0.15) is 23.4 Å². The van der Waals surface area contributed by atoms with Gasteiger partial charge in [0.2, 0.25) is 0 Å². The van der Waals surface area contributed by atoms with E-state index in [-0.39, 0.29) is 17.6 Å². The summed E-state index contributed by atoms with van der Waals surface area (Å²) >= 11 is 0. The molecule has 1 atom stereocenters. The Morgan fingerprint density at radius 1 is 0.853 bits per heavy atom. The number of likely N-dealkylation sites (tertiary alicyclic amines) is 1. The van der Waals surface area contributed by atoms with Crippen molar-refractivity contribution in [3.05, 3.63) is 89.0 Å². The molecule has 2 aliphatic heterocycles. The van der Waals surface area contributed by atoms with Crippen molar-refractivity contribution in [2.75, 3.05) is 19.6 Å². The number of hydrogen-bond donors (Lipinski definition) is 2. The number of phenolic OH excluding ortho intramolecular Hbond substituents is 2. The summed E-state index contributed by atoms with van der Waals surface area (Å²) in [5.74, 6) is 1.13. The van der Waals surface area contributed by atoms with Gasteiger partial charge in [-0.15, -0.1) is 0 Å². The molecule has 3 aromatic carbocycles. The number of aryl methyl sites for hydroxylation is 1. The fourth-order valence-corrected chi connectivity index (χ4v) is 5.24. The molecule has 2 N–H and O–H groups in total. The van der Waals surface area contributed by atoms with Crippen molar-refractivity contribution < 1.29 is 14.9 Å². The smallest absolute Gasteiger partial charge is 0.150 e. The summed E-state index contributed by atoms with van der Waals surface area (Å²) in [6, 6.07) is 21.4. The molecule has 5 rings (SSSR count). The van der Waals surface area contributed by atoms with Crippen molar-refractivity contribution >= 4 is 11.1 Å². The van der Waals surface area contributed by atoms with Gasteiger partial charge >= 0.3 is 0 Å². The third kappa shape index (κ3) is 4.83. The van der Waals surface area contributed by atoms with Crippen LogP contribution in [0.5, 0.6) is 17.2 Å². The van der Waals surface area contributed by atoms with E-state index in [4.69, 9.17) is 4.74 Å². The number of nitrogens with zero attached hydrogens (tertiary/aromatic N) is 1. The average Bonchev–Trinajstić information content (AvgIpc) is 2.86. The molecule has 176 valence electrons. The first-order valence-electron chi connectivity index (χ1n) is 12.4.